The number of H-pyrrole nitrogens is 1. The van der Waals surface area contributed by atoms with E-state index in [2.05, 4.69) is 21.0 Å². The van der Waals surface area contributed by atoms with Crippen molar-refractivity contribution in [3.8, 4) is 6.07 Å². The van der Waals surface area contributed by atoms with Crippen LogP contribution < -0.4 is 4.72 Å². The minimum Gasteiger partial charge on any atom is -0.268 e. The number of aryl methyl sites for hydroxylation is 1. The zero-order valence-corrected chi connectivity index (χ0v) is 11.4. The lowest BCUT2D eigenvalue weighted by molar-refractivity contribution is 0.597. The van der Waals surface area contributed by atoms with E-state index in [-0.39, 0.29) is 5.03 Å². The summed E-state index contributed by atoms with van der Waals surface area (Å²) in [6.45, 7) is 0. The zero-order valence-electron chi connectivity index (χ0n) is 9.80. The Hall–Kier alpha value is -1.85. The fraction of sp³-hybridized carbons (Fsp3) is 0.273. The lowest BCUT2D eigenvalue weighted by Crippen LogP contribution is -2.13. The molecule has 6 nitrogen and oxygen atoms in total. The molecule has 0 amide bonds. The number of nitriles is 1. The number of thiophene rings is 1. The summed E-state index contributed by atoms with van der Waals surface area (Å²) < 4.78 is 26.6. The van der Waals surface area contributed by atoms with E-state index in [9.17, 15) is 13.7 Å². The molecule has 0 aliphatic heterocycles. The maximum Gasteiger partial charge on any atom is 0.279 e. The van der Waals surface area contributed by atoms with E-state index in [0.717, 1.165) is 29.7 Å². The SMILES string of the molecule is N#Cc1c(NS(=O)(=O)c2ccn[nH]2)sc2c1CCC2. The van der Waals surface area contributed by atoms with Gasteiger partial charge in [0.2, 0.25) is 0 Å². The number of nitrogens with one attached hydrogen (secondary N) is 2. The molecule has 0 aromatic carbocycles. The fourth-order valence-corrected chi connectivity index (χ4v) is 4.62. The molecule has 2 aromatic rings. The van der Waals surface area contributed by atoms with E-state index < -0.39 is 10.0 Å². The quantitative estimate of drug-likeness (QED) is 0.898. The Labute approximate surface area is 114 Å². The average Bonchev–Trinajstić information content (AvgIpc) is 3.04. The van der Waals surface area contributed by atoms with E-state index in [4.69, 9.17) is 0 Å². The molecule has 98 valence electrons. The second-order valence-electron chi connectivity index (χ2n) is 4.20. The largest absolute Gasteiger partial charge is 0.279 e. The highest BCUT2D eigenvalue weighted by molar-refractivity contribution is 7.92. The Balaban J connectivity index is 2.00. The molecule has 1 aliphatic carbocycles. The Morgan fingerprint density at radius 3 is 3.00 bits per heavy atom. The van der Waals surface area contributed by atoms with Gasteiger partial charge in [0, 0.05) is 4.88 Å². The van der Waals surface area contributed by atoms with Gasteiger partial charge in [-0.3, -0.25) is 9.82 Å². The number of hydrogen-bond donors (Lipinski definition) is 2. The van der Waals surface area contributed by atoms with Gasteiger partial charge >= 0.3 is 0 Å². The number of rotatable bonds is 3. The number of aromatic nitrogens is 2. The first kappa shape index (κ1) is 12.2. The third kappa shape index (κ3) is 2.01. The molecule has 0 bridgehead atoms. The molecule has 0 spiro atoms. The molecule has 2 heterocycles. The maximum atomic E-state index is 12.1. The zero-order chi connectivity index (χ0) is 13.5. The minimum absolute atomic E-state index is 0.00931. The third-order valence-electron chi connectivity index (χ3n) is 3.02. The Bertz CT molecular complexity index is 753. The standard InChI is InChI=1S/C11H10N4O2S2/c12-6-8-7-2-1-3-9(7)18-11(8)15-19(16,17)10-4-5-13-14-10/h4-5,15H,1-3H2,(H,13,14). The Kier molecular flexibility index (Phi) is 2.80. The van der Waals surface area contributed by atoms with Crippen LogP contribution in [0.15, 0.2) is 17.3 Å². The lowest BCUT2D eigenvalue weighted by atomic mass is 10.1. The van der Waals surface area contributed by atoms with Crippen molar-refractivity contribution in [3.05, 3.63) is 28.3 Å². The summed E-state index contributed by atoms with van der Waals surface area (Å²) in [5, 5.41) is 15.6. The maximum absolute atomic E-state index is 12.1. The molecule has 8 heteroatoms. The Morgan fingerprint density at radius 1 is 1.47 bits per heavy atom. The molecule has 0 unspecified atom stereocenters. The molecule has 2 N–H and O–H groups in total. The number of sulfonamides is 1. The highest BCUT2D eigenvalue weighted by Crippen LogP contribution is 2.39. The van der Waals surface area contributed by atoms with Crippen LogP contribution in [-0.2, 0) is 22.9 Å². The summed E-state index contributed by atoms with van der Waals surface area (Å²) in [5.74, 6) is 0. The summed E-state index contributed by atoms with van der Waals surface area (Å²) in [6.07, 6.45) is 4.17. The first-order valence-corrected chi connectivity index (χ1v) is 7.98. The number of fused-ring (bicyclic) bond motifs is 1. The van der Waals surface area contributed by atoms with Crippen LogP contribution in [0.25, 0.3) is 0 Å². The van der Waals surface area contributed by atoms with Crippen molar-refractivity contribution in [1.29, 1.82) is 5.26 Å². The summed E-state index contributed by atoms with van der Waals surface area (Å²) in [6, 6.07) is 3.47. The highest BCUT2D eigenvalue weighted by Gasteiger charge is 2.25. The van der Waals surface area contributed by atoms with Gasteiger partial charge in [-0.15, -0.1) is 11.3 Å². The predicted octanol–water partition coefficient (Wildman–Crippen LogP) is 1.63. The summed E-state index contributed by atoms with van der Waals surface area (Å²) in [7, 11) is -3.70. The second-order valence-corrected chi connectivity index (χ2v) is 6.96. The van der Waals surface area contributed by atoms with Gasteiger partial charge in [0.25, 0.3) is 10.0 Å². The van der Waals surface area contributed by atoms with Crippen LogP contribution in [0.5, 0.6) is 0 Å². The predicted molar refractivity (Wildman–Crippen MR) is 70.5 cm³/mol. The van der Waals surface area contributed by atoms with Crippen molar-refractivity contribution in [2.75, 3.05) is 4.72 Å². The first-order valence-electron chi connectivity index (χ1n) is 5.68. The van der Waals surface area contributed by atoms with Gasteiger partial charge in [-0.2, -0.15) is 18.8 Å². The molecular formula is C11H10N4O2S2. The topological polar surface area (TPSA) is 98.6 Å². The van der Waals surface area contributed by atoms with Crippen LogP contribution in [0.4, 0.5) is 5.00 Å². The van der Waals surface area contributed by atoms with Crippen molar-refractivity contribution in [1.82, 2.24) is 10.2 Å². The molecule has 0 saturated carbocycles. The van der Waals surface area contributed by atoms with Gasteiger partial charge in [0.1, 0.15) is 11.1 Å². The smallest absolute Gasteiger partial charge is 0.268 e. The van der Waals surface area contributed by atoms with Gasteiger partial charge in [-0.05, 0) is 30.9 Å². The van der Waals surface area contributed by atoms with Crippen molar-refractivity contribution in [2.45, 2.75) is 24.3 Å². The van der Waals surface area contributed by atoms with Crippen molar-refractivity contribution < 1.29 is 8.42 Å². The average molecular weight is 294 g/mol. The van der Waals surface area contributed by atoms with Gasteiger partial charge in [-0.1, -0.05) is 0 Å². The molecule has 0 saturated heterocycles. The summed E-state index contributed by atoms with van der Waals surface area (Å²) >= 11 is 1.35. The third-order valence-corrected chi connectivity index (χ3v) is 5.64. The van der Waals surface area contributed by atoms with Crippen LogP contribution in [0.3, 0.4) is 0 Å². The highest BCUT2D eigenvalue weighted by atomic mass is 32.2. The number of anilines is 1. The molecule has 0 fully saturated rings. The normalized spacial score (nSPS) is 14.1. The monoisotopic (exact) mass is 294 g/mol. The van der Waals surface area contributed by atoms with Crippen LogP contribution in [-0.4, -0.2) is 18.6 Å². The van der Waals surface area contributed by atoms with Gasteiger partial charge in [0.05, 0.1) is 11.8 Å². The van der Waals surface area contributed by atoms with E-state index in [0.29, 0.717) is 10.6 Å². The molecule has 0 atom stereocenters. The molecule has 1 aliphatic rings. The minimum atomic E-state index is -3.70. The van der Waals surface area contributed by atoms with Gasteiger partial charge < -0.3 is 0 Å². The van der Waals surface area contributed by atoms with Crippen LogP contribution in [0.2, 0.25) is 0 Å². The van der Waals surface area contributed by atoms with Crippen LogP contribution in [0, 0.1) is 11.3 Å². The van der Waals surface area contributed by atoms with E-state index in [1.165, 1.54) is 23.6 Å². The van der Waals surface area contributed by atoms with Gasteiger partial charge in [0.15, 0.2) is 5.03 Å². The van der Waals surface area contributed by atoms with E-state index in [1.54, 1.807) is 0 Å². The van der Waals surface area contributed by atoms with Gasteiger partial charge in [-0.25, -0.2) is 0 Å². The lowest BCUT2D eigenvalue weighted by Gasteiger charge is -2.04. The van der Waals surface area contributed by atoms with Crippen molar-refractivity contribution in [2.24, 2.45) is 0 Å². The molecule has 0 radical (unpaired) electrons. The Morgan fingerprint density at radius 2 is 2.32 bits per heavy atom. The van der Waals surface area contributed by atoms with Crippen molar-refractivity contribution in [3.63, 3.8) is 0 Å². The summed E-state index contributed by atoms with van der Waals surface area (Å²) in [5.41, 5.74) is 1.45. The van der Waals surface area contributed by atoms with E-state index >= 15 is 0 Å². The van der Waals surface area contributed by atoms with Crippen LogP contribution >= 0.6 is 11.3 Å². The number of nitrogens with zero attached hydrogens (tertiary/aromatic N) is 2. The fourth-order valence-electron chi connectivity index (χ4n) is 2.16. The number of aromatic amines is 1. The van der Waals surface area contributed by atoms with Crippen molar-refractivity contribution >= 4 is 26.4 Å². The molecule has 2 aromatic heterocycles. The van der Waals surface area contributed by atoms with E-state index in [1.807, 2.05) is 0 Å². The van der Waals surface area contributed by atoms with Crippen LogP contribution in [0.1, 0.15) is 22.4 Å². The second kappa shape index (κ2) is 4.36. The molecule has 3 rings (SSSR count). The first-order chi connectivity index (χ1) is 9.12. The molecule has 19 heavy (non-hydrogen) atoms. The molecular weight excluding hydrogens is 284 g/mol. The summed E-state index contributed by atoms with van der Waals surface area (Å²) in [4.78, 5) is 1.11. The number of hydrogen-bond acceptors (Lipinski definition) is 5.